The van der Waals surface area contributed by atoms with Crippen molar-refractivity contribution in [3.63, 3.8) is 0 Å². The number of hydrogen-bond acceptors (Lipinski definition) is 3. The highest BCUT2D eigenvalue weighted by Gasteiger charge is 2.30. The van der Waals surface area contributed by atoms with Gasteiger partial charge in [0, 0.05) is 16.2 Å². The van der Waals surface area contributed by atoms with Gasteiger partial charge in [-0.15, -0.1) is 0 Å². The van der Waals surface area contributed by atoms with Crippen LogP contribution in [0.3, 0.4) is 0 Å². The summed E-state index contributed by atoms with van der Waals surface area (Å²) in [6, 6.07) is 17.1. The lowest BCUT2D eigenvalue weighted by Crippen LogP contribution is -2.52. The number of carbonyl (C=O) groups excluding carboxylic acids is 2. The van der Waals surface area contributed by atoms with Crippen LogP contribution in [0, 0.1) is 3.57 Å². The summed E-state index contributed by atoms with van der Waals surface area (Å²) in [5, 5.41) is 3.16. The van der Waals surface area contributed by atoms with Crippen LogP contribution in [0.2, 0.25) is 0 Å². The molecule has 5 nitrogen and oxygen atoms in total. The number of halogens is 1. The van der Waals surface area contributed by atoms with Gasteiger partial charge in [-0.25, -0.2) is 0 Å². The molecular formula is C24H29IN2O3. The van der Waals surface area contributed by atoms with Gasteiger partial charge in [-0.05, 0) is 71.7 Å². The molecule has 1 saturated carbocycles. The van der Waals surface area contributed by atoms with E-state index in [1.807, 2.05) is 61.5 Å². The summed E-state index contributed by atoms with van der Waals surface area (Å²) in [7, 11) is 0. The third-order valence-corrected chi connectivity index (χ3v) is 6.18. The summed E-state index contributed by atoms with van der Waals surface area (Å²) in [4.78, 5) is 27.8. The van der Waals surface area contributed by atoms with Crippen molar-refractivity contribution in [1.29, 1.82) is 0 Å². The van der Waals surface area contributed by atoms with Crippen molar-refractivity contribution < 1.29 is 14.3 Å². The van der Waals surface area contributed by atoms with Crippen LogP contribution < -0.4 is 10.1 Å². The maximum absolute atomic E-state index is 13.1. The lowest BCUT2D eigenvalue weighted by atomic mass is 10.1. The second-order valence-electron chi connectivity index (χ2n) is 7.66. The van der Waals surface area contributed by atoms with Crippen molar-refractivity contribution in [2.45, 2.75) is 57.7 Å². The van der Waals surface area contributed by atoms with Gasteiger partial charge in [0.15, 0.2) is 6.61 Å². The van der Waals surface area contributed by atoms with Crippen LogP contribution in [0.25, 0.3) is 0 Å². The molecule has 1 aliphatic rings. The highest BCUT2D eigenvalue weighted by atomic mass is 127. The fourth-order valence-electron chi connectivity index (χ4n) is 3.83. The minimum absolute atomic E-state index is 0.0667. The van der Waals surface area contributed by atoms with Gasteiger partial charge in [0.25, 0.3) is 5.91 Å². The third kappa shape index (κ3) is 6.45. The van der Waals surface area contributed by atoms with E-state index in [2.05, 4.69) is 27.9 Å². The van der Waals surface area contributed by atoms with Crippen molar-refractivity contribution in [3.8, 4) is 5.75 Å². The van der Waals surface area contributed by atoms with Gasteiger partial charge >= 0.3 is 0 Å². The van der Waals surface area contributed by atoms with Crippen LogP contribution >= 0.6 is 22.6 Å². The molecule has 1 aliphatic carbocycles. The first kappa shape index (κ1) is 22.6. The van der Waals surface area contributed by atoms with Gasteiger partial charge in [-0.2, -0.15) is 0 Å². The minimum Gasteiger partial charge on any atom is -0.484 e. The van der Waals surface area contributed by atoms with Crippen LogP contribution in [0.4, 0.5) is 0 Å². The number of benzene rings is 2. The first-order valence-electron chi connectivity index (χ1n) is 10.6. The Kier molecular flexibility index (Phi) is 8.54. The summed E-state index contributed by atoms with van der Waals surface area (Å²) < 4.78 is 6.83. The van der Waals surface area contributed by atoms with Gasteiger partial charge in [0.1, 0.15) is 11.8 Å². The summed E-state index contributed by atoms with van der Waals surface area (Å²) >= 11 is 2.23. The molecule has 1 N–H and O–H groups in total. The molecule has 0 spiro atoms. The molecule has 1 atom stereocenters. The smallest absolute Gasteiger partial charge is 0.261 e. The average Bonchev–Trinajstić information content (AvgIpc) is 3.26. The van der Waals surface area contributed by atoms with E-state index in [4.69, 9.17) is 4.74 Å². The molecule has 30 heavy (non-hydrogen) atoms. The first-order chi connectivity index (χ1) is 14.6. The highest BCUT2D eigenvalue weighted by molar-refractivity contribution is 14.1. The summed E-state index contributed by atoms with van der Waals surface area (Å²) in [5.74, 6) is 0.389. The summed E-state index contributed by atoms with van der Waals surface area (Å²) in [6.45, 7) is 2.23. The molecule has 0 radical (unpaired) electrons. The number of rotatable bonds is 9. The maximum Gasteiger partial charge on any atom is 0.261 e. The number of amides is 2. The highest BCUT2D eigenvalue weighted by Crippen LogP contribution is 2.20. The molecule has 0 heterocycles. The van der Waals surface area contributed by atoms with Crippen LogP contribution in [0.1, 0.15) is 44.6 Å². The monoisotopic (exact) mass is 520 g/mol. The number of carbonyl (C=O) groups is 2. The minimum atomic E-state index is -0.515. The van der Waals surface area contributed by atoms with Gasteiger partial charge in [-0.3, -0.25) is 9.59 Å². The third-order valence-electron chi connectivity index (χ3n) is 5.46. The van der Waals surface area contributed by atoms with Crippen LogP contribution in [0.15, 0.2) is 54.6 Å². The second-order valence-corrected chi connectivity index (χ2v) is 8.91. The normalized spacial score (nSPS) is 14.9. The Morgan fingerprint density at radius 2 is 1.77 bits per heavy atom. The molecule has 1 fully saturated rings. The van der Waals surface area contributed by atoms with Crippen molar-refractivity contribution in [3.05, 3.63) is 63.7 Å². The zero-order chi connectivity index (χ0) is 21.3. The Bertz CT molecular complexity index is 820. The molecule has 2 aromatic rings. The molecule has 0 unspecified atom stereocenters. The van der Waals surface area contributed by atoms with Crippen LogP contribution in [0.5, 0.6) is 5.75 Å². The number of nitrogens with zero attached hydrogens (tertiary/aromatic N) is 1. The SMILES string of the molecule is CC[C@@H](C(=O)NC1CCCC1)N(Cc1ccccc1)C(=O)COc1ccc(I)cc1. The lowest BCUT2D eigenvalue weighted by molar-refractivity contribution is -0.143. The van der Waals surface area contributed by atoms with Gasteiger partial charge in [0.2, 0.25) is 5.91 Å². The van der Waals surface area contributed by atoms with E-state index in [-0.39, 0.29) is 24.5 Å². The molecule has 2 aromatic carbocycles. The maximum atomic E-state index is 13.1. The Morgan fingerprint density at radius 1 is 1.10 bits per heavy atom. The van der Waals surface area contributed by atoms with E-state index in [0.717, 1.165) is 34.8 Å². The zero-order valence-electron chi connectivity index (χ0n) is 17.4. The Morgan fingerprint density at radius 3 is 2.40 bits per heavy atom. The number of nitrogens with one attached hydrogen (secondary N) is 1. The fourth-order valence-corrected chi connectivity index (χ4v) is 4.19. The van der Waals surface area contributed by atoms with Gasteiger partial charge in [0.05, 0.1) is 0 Å². The molecule has 160 valence electrons. The van der Waals surface area contributed by atoms with E-state index in [0.29, 0.717) is 18.7 Å². The van der Waals surface area contributed by atoms with E-state index < -0.39 is 6.04 Å². The fraction of sp³-hybridized carbons (Fsp3) is 0.417. The molecule has 0 bridgehead atoms. The molecule has 0 aromatic heterocycles. The van der Waals surface area contributed by atoms with Gasteiger partial charge < -0.3 is 15.0 Å². The summed E-state index contributed by atoms with van der Waals surface area (Å²) in [6.07, 6.45) is 4.90. The zero-order valence-corrected chi connectivity index (χ0v) is 19.5. The molecular weight excluding hydrogens is 491 g/mol. The number of ether oxygens (including phenoxy) is 1. The first-order valence-corrected chi connectivity index (χ1v) is 11.7. The average molecular weight is 520 g/mol. The number of hydrogen-bond donors (Lipinski definition) is 1. The van der Waals surface area contributed by atoms with E-state index in [1.165, 1.54) is 0 Å². The molecule has 2 amide bonds. The largest absolute Gasteiger partial charge is 0.484 e. The van der Waals surface area contributed by atoms with Crippen molar-refractivity contribution in [2.24, 2.45) is 0 Å². The lowest BCUT2D eigenvalue weighted by Gasteiger charge is -2.31. The van der Waals surface area contributed by atoms with E-state index >= 15 is 0 Å². The van der Waals surface area contributed by atoms with Gasteiger partial charge in [-0.1, -0.05) is 50.1 Å². The Balaban J connectivity index is 1.72. The molecule has 6 heteroatoms. The van der Waals surface area contributed by atoms with Crippen molar-refractivity contribution in [1.82, 2.24) is 10.2 Å². The Hall–Kier alpha value is -2.09. The topological polar surface area (TPSA) is 58.6 Å². The van der Waals surface area contributed by atoms with Crippen molar-refractivity contribution in [2.75, 3.05) is 6.61 Å². The van der Waals surface area contributed by atoms with E-state index in [9.17, 15) is 9.59 Å². The Labute approximate surface area is 192 Å². The van der Waals surface area contributed by atoms with Crippen LogP contribution in [-0.4, -0.2) is 35.4 Å². The molecule has 0 saturated heterocycles. The van der Waals surface area contributed by atoms with E-state index in [1.54, 1.807) is 4.90 Å². The molecule has 3 rings (SSSR count). The molecule has 0 aliphatic heterocycles. The van der Waals surface area contributed by atoms with Crippen molar-refractivity contribution >= 4 is 34.4 Å². The summed E-state index contributed by atoms with van der Waals surface area (Å²) in [5.41, 5.74) is 0.993. The standard InChI is InChI=1S/C24H29IN2O3/c1-2-22(24(29)26-20-10-6-7-11-20)27(16-18-8-4-3-5-9-18)23(28)17-30-21-14-12-19(25)13-15-21/h3-5,8-9,12-15,20,22H,2,6-7,10-11,16-17H2,1H3,(H,26,29)/t22-/m0/s1. The second kappa shape index (κ2) is 11.3. The predicted molar refractivity (Wildman–Crippen MR) is 126 cm³/mol. The predicted octanol–water partition coefficient (Wildman–Crippen LogP) is 4.54. The van der Waals surface area contributed by atoms with Crippen LogP contribution in [-0.2, 0) is 16.1 Å². The quantitative estimate of drug-likeness (QED) is 0.495.